The standard InChI is InChI=1S/C21H19ClN4O2S/c22-14-9-11-16(12-10-14)29(27,28)19(13-23)20-21(24-15-5-1-2-6-15)26-18-8-4-3-7-17(18)25-20/h3-4,7-12,15,19H,1-2,5-6H2,(H,24,26)/t19-/m1/s1. The van der Waals surface area contributed by atoms with Crippen molar-refractivity contribution in [3.8, 4) is 6.07 Å². The highest BCUT2D eigenvalue weighted by molar-refractivity contribution is 7.92. The molecule has 0 spiro atoms. The first-order valence-electron chi connectivity index (χ1n) is 9.41. The number of para-hydroxylation sites is 2. The van der Waals surface area contributed by atoms with Gasteiger partial charge in [-0.1, -0.05) is 36.6 Å². The van der Waals surface area contributed by atoms with E-state index in [2.05, 4.69) is 15.3 Å². The third-order valence-electron chi connectivity index (χ3n) is 5.11. The summed E-state index contributed by atoms with van der Waals surface area (Å²) in [6.45, 7) is 0. The first kappa shape index (κ1) is 19.6. The number of nitriles is 1. The number of fused-ring (bicyclic) bond motifs is 1. The summed E-state index contributed by atoms with van der Waals surface area (Å²) in [4.78, 5) is 9.19. The van der Waals surface area contributed by atoms with E-state index in [1.807, 2.05) is 18.2 Å². The average molecular weight is 427 g/mol. The van der Waals surface area contributed by atoms with E-state index >= 15 is 0 Å². The molecule has 0 aliphatic heterocycles. The molecule has 1 N–H and O–H groups in total. The van der Waals surface area contributed by atoms with Crippen LogP contribution in [0.3, 0.4) is 0 Å². The van der Waals surface area contributed by atoms with Gasteiger partial charge in [-0.25, -0.2) is 18.4 Å². The second kappa shape index (κ2) is 7.97. The maximum absolute atomic E-state index is 13.2. The van der Waals surface area contributed by atoms with Crippen molar-refractivity contribution in [1.82, 2.24) is 9.97 Å². The predicted molar refractivity (Wildman–Crippen MR) is 112 cm³/mol. The molecule has 0 bridgehead atoms. The van der Waals surface area contributed by atoms with Crippen LogP contribution in [-0.4, -0.2) is 24.4 Å². The summed E-state index contributed by atoms with van der Waals surface area (Å²) in [5.41, 5.74) is 1.33. The van der Waals surface area contributed by atoms with Gasteiger partial charge in [-0.3, -0.25) is 0 Å². The van der Waals surface area contributed by atoms with Gasteiger partial charge in [0.15, 0.2) is 11.1 Å². The van der Waals surface area contributed by atoms with Gasteiger partial charge in [-0.2, -0.15) is 5.26 Å². The van der Waals surface area contributed by atoms with Crippen LogP contribution >= 0.6 is 11.6 Å². The maximum Gasteiger partial charge on any atom is 0.200 e. The third-order valence-corrected chi connectivity index (χ3v) is 7.24. The molecule has 1 fully saturated rings. The Morgan fingerprint density at radius 1 is 1.03 bits per heavy atom. The Balaban J connectivity index is 1.84. The van der Waals surface area contributed by atoms with E-state index in [9.17, 15) is 13.7 Å². The maximum atomic E-state index is 13.2. The number of hydrogen-bond acceptors (Lipinski definition) is 6. The number of anilines is 1. The van der Waals surface area contributed by atoms with Crippen LogP contribution in [0.4, 0.5) is 5.82 Å². The zero-order valence-electron chi connectivity index (χ0n) is 15.5. The lowest BCUT2D eigenvalue weighted by molar-refractivity contribution is 0.590. The topological polar surface area (TPSA) is 95.7 Å². The van der Waals surface area contributed by atoms with Crippen LogP contribution in [0.1, 0.15) is 36.6 Å². The summed E-state index contributed by atoms with van der Waals surface area (Å²) in [6.07, 6.45) is 4.18. The molecule has 1 heterocycles. The fourth-order valence-corrected chi connectivity index (χ4v) is 5.11. The van der Waals surface area contributed by atoms with Crippen LogP contribution in [0.5, 0.6) is 0 Å². The highest BCUT2D eigenvalue weighted by atomic mass is 35.5. The number of nitrogens with one attached hydrogen (secondary N) is 1. The molecule has 1 aromatic heterocycles. The summed E-state index contributed by atoms with van der Waals surface area (Å²) >= 11 is 5.89. The first-order valence-corrected chi connectivity index (χ1v) is 11.3. The van der Waals surface area contributed by atoms with Crippen LogP contribution in [0, 0.1) is 11.3 Å². The van der Waals surface area contributed by atoms with Crippen LogP contribution in [0.15, 0.2) is 53.4 Å². The molecular weight excluding hydrogens is 408 g/mol. The number of rotatable bonds is 5. The molecule has 0 amide bonds. The van der Waals surface area contributed by atoms with E-state index in [0.29, 0.717) is 21.9 Å². The number of halogens is 1. The number of nitrogens with zero attached hydrogens (tertiary/aromatic N) is 3. The summed E-state index contributed by atoms with van der Waals surface area (Å²) in [5, 5.41) is 12.1. The van der Waals surface area contributed by atoms with Gasteiger partial charge in [0.05, 0.1) is 22.0 Å². The van der Waals surface area contributed by atoms with Crippen LogP contribution in [0.2, 0.25) is 5.02 Å². The smallest absolute Gasteiger partial charge is 0.200 e. The van der Waals surface area contributed by atoms with Gasteiger partial charge >= 0.3 is 0 Å². The first-order chi connectivity index (χ1) is 14.0. The SMILES string of the molecule is N#C[C@H](c1nc2ccccc2nc1NC1CCCC1)S(=O)(=O)c1ccc(Cl)cc1. The molecule has 0 unspecified atom stereocenters. The van der Waals surface area contributed by atoms with Gasteiger partial charge in [0.2, 0.25) is 9.84 Å². The second-order valence-corrected chi connectivity index (χ2v) is 9.55. The van der Waals surface area contributed by atoms with Crippen molar-refractivity contribution >= 4 is 38.3 Å². The fourth-order valence-electron chi connectivity index (χ4n) is 3.60. The zero-order chi connectivity index (χ0) is 20.4. The van der Waals surface area contributed by atoms with E-state index in [0.717, 1.165) is 25.7 Å². The van der Waals surface area contributed by atoms with Crippen molar-refractivity contribution in [2.75, 3.05) is 5.32 Å². The molecule has 1 aliphatic rings. The van der Waals surface area contributed by atoms with E-state index in [4.69, 9.17) is 11.6 Å². The Labute approximate surface area is 174 Å². The van der Waals surface area contributed by atoms with Crippen molar-refractivity contribution in [3.05, 3.63) is 59.2 Å². The molecule has 1 aliphatic carbocycles. The van der Waals surface area contributed by atoms with Gasteiger partial charge in [0.1, 0.15) is 5.69 Å². The molecule has 0 radical (unpaired) electrons. The van der Waals surface area contributed by atoms with Crippen LogP contribution in [0.25, 0.3) is 11.0 Å². The minimum atomic E-state index is -4.01. The molecule has 6 nitrogen and oxygen atoms in total. The Kier molecular flexibility index (Phi) is 5.39. The molecule has 0 saturated heterocycles. The quantitative estimate of drug-likeness (QED) is 0.636. The van der Waals surface area contributed by atoms with E-state index in [-0.39, 0.29) is 16.6 Å². The molecule has 1 saturated carbocycles. The Bertz CT molecular complexity index is 1180. The molecule has 8 heteroatoms. The average Bonchev–Trinajstić information content (AvgIpc) is 3.22. The monoisotopic (exact) mass is 426 g/mol. The largest absolute Gasteiger partial charge is 0.366 e. The minimum absolute atomic E-state index is 0.0234. The highest BCUT2D eigenvalue weighted by Crippen LogP contribution is 2.34. The van der Waals surface area contributed by atoms with Gasteiger partial charge < -0.3 is 5.32 Å². The summed E-state index contributed by atoms with van der Waals surface area (Å²) in [7, 11) is -4.01. The molecule has 148 valence electrons. The van der Waals surface area contributed by atoms with E-state index < -0.39 is 15.1 Å². The Morgan fingerprint density at radius 3 is 2.28 bits per heavy atom. The summed E-state index contributed by atoms with van der Waals surface area (Å²) < 4.78 is 26.5. The molecule has 2 aromatic carbocycles. The lowest BCUT2D eigenvalue weighted by Crippen LogP contribution is -2.21. The summed E-state index contributed by atoms with van der Waals surface area (Å²) in [6, 6.07) is 15.2. The number of sulfone groups is 1. The van der Waals surface area contributed by atoms with Crippen molar-refractivity contribution in [3.63, 3.8) is 0 Å². The van der Waals surface area contributed by atoms with E-state index in [1.54, 1.807) is 12.1 Å². The number of benzene rings is 2. The van der Waals surface area contributed by atoms with Crippen molar-refractivity contribution in [2.45, 2.75) is 41.9 Å². The minimum Gasteiger partial charge on any atom is -0.366 e. The van der Waals surface area contributed by atoms with E-state index in [1.165, 1.54) is 24.3 Å². The molecule has 4 rings (SSSR count). The summed E-state index contributed by atoms with van der Waals surface area (Å²) in [5.74, 6) is 0.361. The number of hydrogen-bond donors (Lipinski definition) is 1. The van der Waals surface area contributed by atoms with Gasteiger partial charge in [-0.15, -0.1) is 0 Å². The van der Waals surface area contributed by atoms with Gasteiger partial charge in [0, 0.05) is 11.1 Å². The molecule has 29 heavy (non-hydrogen) atoms. The number of aromatic nitrogens is 2. The van der Waals surface area contributed by atoms with Crippen molar-refractivity contribution in [2.24, 2.45) is 0 Å². The van der Waals surface area contributed by atoms with Crippen molar-refractivity contribution in [1.29, 1.82) is 5.26 Å². The zero-order valence-corrected chi connectivity index (χ0v) is 17.1. The molecule has 3 aromatic rings. The van der Waals surface area contributed by atoms with Gasteiger partial charge in [0.25, 0.3) is 0 Å². The van der Waals surface area contributed by atoms with Crippen LogP contribution < -0.4 is 5.32 Å². The predicted octanol–water partition coefficient (Wildman–Crippen LogP) is 4.68. The lowest BCUT2D eigenvalue weighted by Gasteiger charge is -2.19. The highest BCUT2D eigenvalue weighted by Gasteiger charge is 2.34. The Morgan fingerprint density at radius 2 is 1.66 bits per heavy atom. The third kappa shape index (κ3) is 3.91. The lowest BCUT2D eigenvalue weighted by atomic mass is 10.2. The van der Waals surface area contributed by atoms with Crippen LogP contribution in [-0.2, 0) is 9.84 Å². The fraction of sp³-hybridized carbons (Fsp3) is 0.286. The normalized spacial score (nSPS) is 15.9. The van der Waals surface area contributed by atoms with Crippen molar-refractivity contribution < 1.29 is 8.42 Å². The molecular formula is C21H19ClN4O2S. The Hall–Kier alpha value is -2.69. The second-order valence-electron chi connectivity index (χ2n) is 7.08. The molecule has 1 atom stereocenters. The van der Waals surface area contributed by atoms with Gasteiger partial charge in [-0.05, 0) is 49.2 Å².